The van der Waals surface area contributed by atoms with Crippen LogP contribution in [0.15, 0.2) is 47.5 Å². The molecule has 0 aliphatic carbocycles. The molecule has 1 aromatic carbocycles. The quantitative estimate of drug-likeness (QED) is 0.112. The number of likely N-dealkylation sites (N-methyl/N-ethyl adjacent to an activating group) is 1. The molecule has 4 atom stereocenters. The topological polar surface area (TPSA) is 89.0 Å². The van der Waals surface area contributed by atoms with Crippen LogP contribution in [0.25, 0.3) is 10.4 Å². The Morgan fingerprint density at radius 3 is 2.45 bits per heavy atom. The number of hydrogen-bond acceptors (Lipinski definition) is 6. The van der Waals surface area contributed by atoms with Gasteiger partial charge in [-0.3, -0.25) is 4.79 Å². The fraction of sp³-hybridized carbons (Fsp3) is 0.516. The number of carbonyl (C=O) groups excluding carboxylic acids is 2. The number of fused-ring (bicyclic) bond motifs is 5. The molecular weight excluding hydrogens is 641 g/mol. The zero-order valence-corrected chi connectivity index (χ0v) is 28.6. The second-order valence-corrected chi connectivity index (χ2v) is 15.0. The van der Waals surface area contributed by atoms with Crippen LogP contribution in [0.3, 0.4) is 0 Å². The Kier molecular flexibility index (Phi) is 9.00. The van der Waals surface area contributed by atoms with Crippen LogP contribution in [0, 0.1) is 11.8 Å². The van der Waals surface area contributed by atoms with Gasteiger partial charge in [0.05, 0.1) is 41.7 Å². The maximum Gasteiger partial charge on any atom is 0.250 e. The van der Waals surface area contributed by atoms with Crippen molar-refractivity contribution in [2.75, 3.05) is 52.6 Å². The van der Waals surface area contributed by atoms with E-state index in [1.165, 1.54) is 64.3 Å². The number of carboxylic acids is 1. The van der Waals surface area contributed by atoms with E-state index in [9.17, 15) is 19.8 Å². The highest BCUT2D eigenvalue weighted by Gasteiger charge is 2.59. The predicted octanol–water partition coefficient (Wildman–Crippen LogP) is -4.82. The number of halogens is 2. The molecule has 5 aliphatic rings. The minimum absolute atomic E-state index is 0. The monoisotopic (exact) mass is 679 g/mol. The summed E-state index contributed by atoms with van der Waals surface area (Å²) in [6.45, 7) is 13.1. The fourth-order valence-electron chi connectivity index (χ4n) is 7.94. The minimum Gasteiger partial charge on any atom is -1.00 e. The van der Waals surface area contributed by atoms with E-state index in [2.05, 4.69) is 52.9 Å². The normalized spacial score (nSPS) is 29.7. The number of aliphatic hydroxyl groups is 1. The van der Waals surface area contributed by atoms with E-state index in [-0.39, 0.29) is 48.4 Å². The number of benzene rings is 1. The Balaban J connectivity index is 0.00000192. The lowest BCUT2D eigenvalue weighted by Crippen LogP contribution is -3.00. The van der Waals surface area contributed by atoms with Gasteiger partial charge in [-0.15, -0.1) is 0 Å². The number of quaternary nitrogens is 2. The number of thiazole rings is 1. The highest BCUT2D eigenvalue weighted by atomic mass is 35.5. The number of amides is 1. The van der Waals surface area contributed by atoms with Crippen molar-refractivity contribution < 1.29 is 58.1 Å². The average Bonchev–Trinajstić information content (AvgIpc) is 3.56. The van der Waals surface area contributed by atoms with E-state index in [4.69, 9.17) is 0 Å². The zero-order valence-electron chi connectivity index (χ0n) is 25.4. The van der Waals surface area contributed by atoms with Crippen LogP contribution in [0.2, 0.25) is 0 Å². The third-order valence-corrected chi connectivity index (χ3v) is 12.5. The summed E-state index contributed by atoms with van der Waals surface area (Å²) in [6.07, 6.45) is 5.30. The number of hydrogen-bond donors (Lipinski definition) is 1. The summed E-state index contributed by atoms with van der Waals surface area (Å²) in [5.74, 6) is -2.49. The van der Waals surface area contributed by atoms with Gasteiger partial charge in [0.15, 0.2) is 0 Å². The number of aromatic nitrogens is 2. The van der Waals surface area contributed by atoms with E-state index < -0.39 is 18.0 Å². The van der Waals surface area contributed by atoms with Gasteiger partial charge in [0.25, 0.3) is 6.33 Å². The Hall–Kier alpha value is -2.12. The van der Waals surface area contributed by atoms with Gasteiger partial charge in [0, 0.05) is 17.1 Å². The average molecular weight is 681 g/mol. The number of carboxylic acid groups (broad SMARTS) is 1. The standard InChI is InChI=1S/C31H39N5O4S2.2ClH/c1-19-24(27(31(39)40)34-26(19)25(20(2)37)28(34)38)23-16-33-18-32(29(41-4)30(33)42-23)15-21-6-5-7-22(14-21)17-36-11-8-35(3,9-12-36)10-13-36;;/h5-7,14,16,18-20,25-26,37H,8-13,15,17H2,1-4H3;2*1H/q+2;;/p-2/t19-,20+,25+,26+,35?,36?;;/m0../s1. The molecule has 8 rings (SSSR count). The second-order valence-electron chi connectivity index (χ2n) is 13.1. The molecule has 3 aromatic rings. The van der Waals surface area contributed by atoms with E-state index in [0.717, 1.165) is 27.8 Å². The second kappa shape index (κ2) is 11.9. The molecule has 4 saturated heterocycles. The number of rotatable bonds is 8. The molecule has 1 N–H and O–H groups in total. The fourth-order valence-corrected chi connectivity index (χ4v) is 10.1. The summed E-state index contributed by atoms with van der Waals surface area (Å²) in [5.41, 5.74) is 3.26. The van der Waals surface area contributed by atoms with Gasteiger partial charge >= 0.3 is 0 Å². The van der Waals surface area contributed by atoms with E-state index in [1.54, 1.807) is 30.0 Å². The van der Waals surface area contributed by atoms with Gasteiger partial charge in [-0.05, 0) is 24.8 Å². The Morgan fingerprint density at radius 2 is 1.84 bits per heavy atom. The first kappa shape index (κ1) is 33.2. The van der Waals surface area contributed by atoms with Crippen molar-refractivity contribution >= 4 is 45.4 Å². The lowest BCUT2D eigenvalue weighted by Gasteiger charge is -2.54. The first-order chi connectivity index (χ1) is 20.0. The number of thioether (sulfide) groups is 1. The summed E-state index contributed by atoms with van der Waals surface area (Å²) in [5, 5.41) is 23.6. The highest BCUT2D eigenvalue weighted by Crippen LogP contribution is 2.51. The van der Waals surface area contributed by atoms with Crippen molar-refractivity contribution in [3.05, 3.63) is 58.5 Å². The van der Waals surface area contributed by atoms with Gasteiger partial charge in [-0.1, -0.05) is 48.2 Å². The van der Waals surface area contributed by atoms with Crippen molar-refractivity contribution in [3.8, 4) is 0 Å². The number of carbonyl (C=O) groups is 2. The molecule has 0 unspecified atom stereocenters. The third-order valence-electron chi connectivity index (χ3n) is 10.4. The van der Waals surface area contributed by atoms with Crippen LogP contribution in [-0.2, 0) is 22.7 Å². The molecule has 44 heavy (non-hydrogen) atoms. The van der Waals surface area contributed by atoms with Crippen LogP contribution >= 0.6 is 23.1 Å². The lowest BCUT2D eigenvalue weighted by molar-refractivity contribution is -1.08. The number of β-lactam (4-membered cyclic amide) rings is 1. The van der Waals surface area contributed by atoms with E-state index >= 15 is 0 Å². The molecular formula is C31H39Cl2N5O4S2. The number of aliphatic carboxylic acids is 1. The van der Waals surface area contributed by atoms with E-state index in [1.807, 2.05) is 13.1 Å². The SMILES string of the molecule is CSc1c2sc(C3=C(C(=O)[O-])N4C(=O)[C@H]([C@@H](C)O)[C@H]4[C@H]3C)cn2c[n+]1Cc1cccc(C[N+]23CC[N+](C)(CC2)CC3)c1.[Cl-].[Cl-]. The smallest absolute Gasteiger partial charge is 0.250 e. The predicted molar refractivity (Wildman–Crippen MR) is 159 cm³/mol. The summed E-state index contributed by atoms with van der Waals surface area (Å²) >= 11 is 3.22. The molecule has 4 fully saturated rings. The van der Waals surface area contributed by atoms with Gasteiger partial charge < -0.3 is 53.7 Å². The number of aliphatic hydroxyl groups excluding tert-OH is 1. The number of imidazole rings is 1. The summed E-state index contributed by atoms with van der Waals surface area (Å²) in [6, 6.07) is 8.68. The van der Waals surface area contributed by atoms with E-state index in [0.29, 0.717) is 5.57 Å². The number of nitrogens with zero attached hydrogens (tertiary/aromatic N) is 5. The zero-order chi connectivity index (χ0) is 29.6. The molecule has 0 radical (unpaired) electrons. The molecule has 9 nitrogen and oxygen atoms in total. The van der Waals surface area contributed by atoms with Gasteiger partial charge in [0.1, 0.15) is 58.6 Å². The van der Waals surface area contributed by atoms with Crippen LogP contribution in [0.5, 0.6) is 0 Å². The Labute approximate surface area is 278 Å². The van der Waals surface area contributed by atoms with Crippen LogP contribution in [0.4, 0.5) is 0 Å². The van der Waals surface area contributed by atoms with Gasteiger partial charge in [-0.25, -0.2) is 4.57 Å². The maximum atomic E-state index is 12.8. The molecule has 1 amide bonds. The number of piperazine rings is 3. The highest BCUT2D eigenvalue weighted by molar-refractivity contribution is 7.98. The molecule has 2 bridgehead atoms. The minimum atomic E-state index is -1.34. The van der Waals surface area contributed by atoms with Crippen molar-refractivity contribution in [1.82, 2.24) is 9.30 Å². The molecule has 13 heteroatoms. The van der Waals surface area contributed by atoms with Gasteiger partial charge in [0.2, 0.25) is 15.8 Å². The van der Waals surface area contributed by atoms with Gasteiger partial charge in [-0.2, -0.15) is 4.40 Å². The summed E-state index contributed by atoms with van der Waals surface area (Å²) in [4.78, 5) is 28.2. The van der Waals surface area contributed by atoms with Crippen molar-refractivity contribution in [1.29, 1.82) is 0 Å². The van der Waals surface area contributed by atoms with Crippen LogP contribution in [0.1, 0.15) is 29.9 Å². The van der Waals surface area contributed by atoms with Crippen molar-refractivity contribution in [2.24, 2.45) is 11.8 Å². The third kappa shape index (κ3) is 5.18. The molecule has 7 heterocycles. The molecule has 2 aromatic heterocycles. The first-order valence-corrected chi connectivity index (χ1v) is 16.9. The van der Waals surface area contributed by atoms with Crippen molar-refractivity contribution in [3.63, 3.8) is 0 Å². The van der Waals surface area contributed by atoms with Crippen LogP contribution in [-0.4, -0.2) is 100.0 Å². The van der Waals surface area contributed by atoms with Crippen LogP contribution < -0.4 is 34.5 Å². The molecule has 5 aliphatic heterocycles. The largest absolute Gasteiger partial charge is 1.00 e. The molecule has 238 valence electrons. The lowest BCUT2D eigenvalue weighted by atomic mass is 9.77. The maximum absolute atomic E-state index is 12.8. The Bertz CT molecular complexity index is 1630. The molecule has 0 spiro atoms. The van der Waals surface area contributed by atoms with Crippen molar-refractivity contribution in [2.45, 2.75) is 44.1 Å². The first-order valence-electron chi connectivity index (χ1n) is 14.8. The summed E-state index contributed by atoms with van der Waals surface area (Å²) in [7, 11) is 2.41. The molecule has 0 saturated carbocycles. The Morgan fingerprint density at radius 1 is 1.18 bits per heavy atom. The summed E-state index contributed by atoms with van der Waals surface area (Å²) < 4.78 is 6.80.